The van der Waals surface area contributed by atoms with E-state index < -0.39 is 103 Å². The van der Waals surface area contributed by atoms with E-state index in [0.717, 1.165) is 5.57 Å². The van der Waals surface area contributed by atoms with Crippen LogP contribution in [0.1, 0.15) is 132 Å². The number of hydrogen-bond acceptors (Lipinski definition) is 16. The number of carbonyl (C=O) groups is 5. The van der Waals surface area contributed by atoms with Gasteiger partial charge < -0.3 is 52.6 Å². The van der Waals surface area contributed by atoms with Crippen molar-refractivity contribution in [2.45, 2.75) is 187 Å². The number of ether oxygens (including phenoxy) is 6. The molecule has 3 aliphatic heterocycles. The quantitative estimate of drug-likeness (QED) is 0.0585. The molecule has 18 heteroatoms. The Morgan fingerprint density at radius 3 is 2.27 bits per heavy atom. The van der Waals surface area contributed by atoms with Crippen molar-refractivity contribution in [2.24, 2.45) is 35.5 Å². The summed E-state index contributed by atoms with van der Waals surface area (Å²) in [5.74, 6) is -8.35. The third kappa shape index (κ3) is 17.9. The second-order valence-corrected chi connectivity index (χ2v) is 23.5. The molecule has 74 heavy (non-hydrogen) atoms. The van der Waals surface area contributed by atoms with Crippen LogP contribution in [0.15, 0.2) is 47.6 Å². The first-order chi connectivity index (χ1) is 35.0. The van der Waals surface area contributed by atoms with Gasteiger partial charge in [0.15, 0.2) is 5.78 Å². The number of piperidine rings is 1. The standard InChI is InChI=1S/C56H90NO16P/c1-13-69-27-28-70-74(12,65)73-46-25-23-42(32-49(46)67-10)31-38(5)48-34-45(58)37(4)30-40(7)51(60)52(68-11)50(59)39(6)29-35(2)19-15-14-16-20-36(3)47(66-9)33-43-24-22-41(8)56(64,72-43)53(61)54(62)57-26-18-17-21-44(57)55(63)71-48/h14-16,19-20,30,35,37-39,41-44,46-49,51-52,60,64H,13,17-18,21-29,31-34H2,1-12H3/b16-14+,19-15+,36-20+,40-30+/t35-,37-,38-,39-,41-,42?,43+,44?,46-,47+,48?,49-,51-,52+,56-,74?/m1/s1. The summed E-state index contributed by atoms with van der Waals surface area (Å²) in [7, 11) is 1.08. The third-order valence-corrected chi connectivity index (χ3v) is 16.8. The summed E-state index contributed by atoms with van der Waals surface area (Å²) in [6.45, 7) is 16.9. The number of rotatable bonds is 13. The molecule has 4 rings (SSSR count). The number of Topliss-reactive ketones (excluding diaryl/α,β-unsaturated/α-hetero) is 3. The lowest BCUT2D eigenvalue weighted by Gasteiger charge is -2.42. The van der Waals surface area contributed by atoms with Crippen LogP contribution >= 0.6 is 7.60 Å². The molecular formula is C56H90NO16P. The topological polar surface area (TPSA) is 220 Å². The zero-order valence-electron chi connectivity index (χ0n) is 46.4. The summed E-state index contributed by atoms with van der Waals surface area (Å²) in [4.78, 5) is 72.6. The van der Waals surface area contributed by atoms with Crippen molar-refractivity contribution < 1.29 is 76.2 Å². The number of aliphatic hydroxyl groups excluding tert-OH is 1. The van der Waals surface area contributed by atoms with E-state index >= 15 is 0 Å². The summed E-state index contributed by atoms with van der Waals surface area (Å²) >= 11 is 0. The van der Waals surface area contributed by atoms with Crippen molar-refractivity contribution in [3.8, 4) is 0 Å². The Morgan fingerprint density at radius 2 is 1.59 bits per heavy atom. The molecule has 0 radical (unpaired) electrons. The van der Waals surface area contributed by atoms with Gasteiger partial charge in [-0.1, -0.05) is 71.1 Å². The summed E-state index contributed by atoms with van der Waals surface area (Å²) in [5, 5.41) is 23.6. The number of cyclic esters (lactones) is 1. The molecule has 4 unspecified atom stereocenters. The van der Waals surface area contributed by atoms with E-state index in [0.29, 0.717) is 76.4 Å². The van der Waals surface area contributed by atoms with E-state index in [1.165, 1.54) is 18.7 Å². The van der Waals surface area contributed by atoms with Gasteiger partial charge >= 0.3 is 13.6 Å². The Bertz CT molecular complexity index is 2040. The number of esters is 1. The fourth-order valence-corrected chi connectivity index (χ4v) is 12.1. The average molecular weight is 1060 g/mol. The molecular weight excluding hydrogens is 974 g/mol. The maximum absolute atomic E-state index is 14.6. The molecule has 0 aromatic heterocycles. The molecule has 16 atom stereocenters. The molecule has 420 valence electrons. The van der Waals surface area contributed by atoms with Gasteiger partial charge in [-0.2, -0.15) is 0 Å². The number of nitrogens with zero attached hydrogens (tertiary/aromatic N) is 1. The summed E-state index contributed by atoms with van der Waals surface area (Å²) in [6.07, 6.45) is 10.6. The highest BCUT2D eigenvalue weighted by atomic mass is 31.2. The number of carbonyl (C=O) groups excluding carboxylic acids is 5. The van der Waals surface area contributed by atoms with Crippen molar-refractivity contribution >= 4 is 36.8 Å². The van der Waals surface area contributed by atoms with E-state index in [-0.39, 0.29) is 56.0 Å². The van der Waals surface area contributed by atoms with E-state index in [1.54, 1.807) is 41.1 Å². The van der Waals surface area contributed by atoms with Gasteiger partial charge in [0, 0.05) is 71.7 Å². The second-order valence-electron chi connectivity index (χ2n) is 21.5. The van der Waals surface area contributed by atoms with Crippen LogP contribution < -0.4 is 0 Å². The first-order valence-corrected chi connectivity index (χ1v) is 29.0. The molecule has 0 spiro atoms. The maximum atomic E-state index is 14.6. The van der Waals surface area contributed by atoms with Crippen LogP contribution in [0.4, 0.5) is 0 Å². The molecule has 0 aromatic carbocycles. The van der Waals surface area contributed by atoms with Gasteiger partial charge in [-0.05, 0) is 114 Å². The Morgan fingerprint density at radius 1 is 0.865 bits per heavy atom. The Kier molecular flexibility index (Phi) is 25.7. The highest BCUT2D eigenvalue weighted by Crippen LogP contribution is 2.48. The summed E-state index contributed by atoms with van der Waals surface area (Å²) in [5.41, 5.74) is 1.24. The van der Waals surface area contributed by atoms with Crippen molar-refractivity contribution in [2.75, 3.05) is 54.4 Å². The predicted octanol–water partition coefficient (Wildman–Crippen LogP) is 8.08. The molecule has 0 aromatic rings. The third-order valence-electron chi connectivity index (χ3n) is 15.5. The molecule has 3 heterocycles. The molecule has 1 amide bonds. The average Bonchev–Trinajstić information content (AvgIpc) is 3.36. The van der Waals surface area contributed by atoms with Crippen LogP contribution in [0.3, 0.4) is 0 Å². The minimum absolute atomic E-state index is 0.00261. The number of amides is 1. The minimum Gasteiger partial charge on any atom is -0.460 e. The maximum Gasteiger partial charge on any atom is 0.329 e. The van der Waals surface area contributed by atoms with E-state index in [9.17, 15) is 38.8 Å². The van der Waals surface area contributed by atoms with Crippen molar-refractivity contribution in [1.29, 1.82) is 0 Å². The molecule has 1 saturated carbocycles. The predicted molar refractivity (Wildman–Crippen MR) is 280 cm³/mol. The van der Waals surface area contributed by atoms with Gasteiger partial charge in [-0.15, -0.1) is 0 Å². The number of hydrogen-bond donors (Lipinski definition) is 2. The Labute approximate surface area is 441 Å². The van der Waals surface area contributed by atoms with Gasteiger partial charge in [-0.25, -0.2) is 4.79 Å². The van der Waals surface area contributed by atoms with Crippen LogP contribution in [0.25, 0.3) is 0 Å². The van der Waals surface area contributed by atoms with Crippen LogP contribution in [0.2, 0.25) is 0 Å². The fraction of sp³-hybridized carbons (Fsp3) is 0.768. The van der Waals surface area contributed by atoms with Crippen LogP contribution in [0.5, 0.6) is 0 Å². The molecule has 4 aliphatic rings. The second kappa shape index (κ2) is 30.1. The smallest absolute Gasteiger partial charge is 0.329 e. The van der Waals surface area contributed by atoms with E-state index in [4.69, 9.17) is 37.5 Å². The number of fused-ring (bicyclic) bond motifs is 3. The number of aliphatic hydroxyl groups is 2. The van der Waals surface area contributed by atoms with Crippen LogP contribution in [0, 0.1) is 35.5 Å². The number of allylic oxidation sites excluding steroid dienone is 6. The molecule has 3 fully saturated rings. The zero-order valence-corrected chi connectivity index (χ0v) is 47.3. The lowest BCUT2D eigenvalue weighted by molar-refractivity contribution is -0.265. The Balaban J connectivity index is 1.67. The van der Waals surface area contributed by atoms with E-state index in [2.05, 4.69) is 0 Å². The van der Waals surface area contributed by atoms with Gasteiger partial charge in [0.1, 0.15) is 30.1 Å². The largest absolute Gasteiger partial charge is 0.460 e. The zero-order chi connectivity index (χ0) is 54.9. The first kappa shape index (κ1) is 63.3. The lowest BCUT2D eigenvalue weighted by atomic mass is 9.78. The monoisotopic (exact) mass is 1060 g/mol. The van der Waals surface area contributed by atoms with E-state index in [1.807, 2.05) is 65.0 Å². The number of ketones is 3. The highest BCUT2D eigenvalue weighted by Gasteiger charge is 2.53. The van der Waals surface area contributed by atoms with Crippen molar-refractivity contribution in [3.05, 3.63) is 47.6 Å². The van der Waals surface area contributed by atoms with Crippen molar-refractivity contribution in [3.63, 3.8) is 0 Å². The minimum atomic E-state index is -3.44. The molecule has 1 aliphatic carbocycles. The lowest BCUT2D eigenvalue weighted by Crippen LogP contribution is -2.61. The van der Waals surface area contributed by atoms with Crippen LogP contribution in [-0.2, 0) is 66.0 Å². The summed E-state index contributed by atoms with van der Waals surface area (Å²) < 4.78 is 60.0. The van der Waals surface area contributed by atoms with Gasteiger partial charge in [0.2, 0.25) is 5.79 Å². The van der Waals surface area contributed by atoms with Crippen LogP contribution in [-0.4, -0.2) is 153 Å². The Hall–Kier alpha value is -3.22. The van der Waals surface area contributed by atoms with Gasteiger partial charge in [0.05, 0.1) is 37.6 Å². The normalized spacial score (nSPS) is 37.8. The van der Waals surface area contributed by atoms with Gasteiger partial charge in [-0.3, -0.25) is 23.7 Å². The molecule has 17 nitrogen and oxygen atoms in total. The number of methoxy groups -OCH3 is 3. The van der Waals surface area contributed by atoms with Crippen molar-refractivity contribution in [1.82, 2.24) is 4.90 Å². The summed E-state index contributed by atoms with van der Waals surface area (Å²) in [6, 6.07) is -1.18. The molecule has 2 bridgehead atoms. The van der Waals surface area contributed by atoms with Gasteiger partial charge in [0.25, 0.3) is 11.7 Å². The fourth-order valence-electron chi connectivity index (χ4n) is 10.9. The highest BCUT2D eigenvalue weighted by molar-refractivity contribution is 7.53. The molecule has 2 N–H and O–H groups in total. The SMILES string of the molecule is CCOCCOP(C)(=O)O[C@@H]1CCC(C[C@@H](C)C2CC(=O)[C@H](C)/C=C(\C)[C@@H](O)[C@@H](OC)C(=O)[C@H](C)C[C@H](C)/C=C/C=C/C=C(\C)[C@@H](OC)C[C@@H]3CC[C@@H](C)[C@@](O)(O3)C(=O)C(=O)N3CCCCC3C(=O)O2)C[C@H]1OC. The first-order valence-electron chi connectivity index (χ1n) is 27.0. The molecule has 2 saturated heterocycles.